The number of imide groups is 1. The van der Waals surface area contributed by atoms with E-state index in [2.05, 4.69) is 0 Å². The molecule has 0 aromatic heterocycles. The molecule has 0 bridgehead atoms. The zero-order chi connectivity index (χ0) is 13.1. The van der Waals surface area contributed by atoms with Crippen molar-refractivity contribution in [2.24, 2.45) is 0 Å². The number of hydrogen-bond donors (Lipinski definition) is 1. The monoisotopic (exact) mass is 271 g/mol. The minimum Gasteiger partial charge on any atom is -0.481 e. The molecule has 1 heterocycles. The number of amides is 2. The molecule has 100 valence electrons. The van der Waals surface area contributed by atoms with Gasteiger partial charge in [-0.1, -0.05) is 19.3 Å². The molecule has 0 spiro atoms. The Balaban J connectivity index is 1.97. The summed E-state index contributed by atoms with van der Waals surface area (Å²) < 4.78 is 0. The first kappa shape index (κ1) is 13.4. The van der Waals surface area contributed by atoms with E-state index in [1.54, 1.807) is 0 Å². The van der Waals surface area contributed by atoms with Gasteiger partial charge in [0.1, 0.15) is 0 Å². The van der Waals surface area contributed by atoms with Gasteiger partial charge in [0.25, 0.3) is 0 Å². The van der Waals surface area contributed by atoms with Crippen molar-refractivity contribution in [3.8, 4) is 0 Å². The second kappa shape index (κ2) is 5.73. The third kappa shape index (κ3) is 2.85. The van der Waals surface area contributed by atoms with Crippen molar-refractivity contribution in [1.29, 1.82) is 0 Å². The molecule has 1 unspecified atom stereocenters. The summed E-state index contributed by atoms with van der Waals surface area (Å²) in [7, 11) is 0. The maximum atomic E-state index is 12.1. The second-order valence-corrected chi connectivity index (χ2v) is 5.98. The van der Waals surface area contributed by atoms with Gasteiger partial charge in [-0.25, -0.2) is 0 Å². The van der Waals surface area contributed by atoms with Gasteiger partial charge in [0, 0.05) is 12.5 Å². The van der Waals surface area contributed by atoms with E-state index in [4.69, 9.17) is 5.11 Å². The Morgan fingerprint density at radius 3 is 2.56 bits per heavy atom. The van der Waals surface area contributed by atoms with Crippen molar-refractivity contribution >= 4 is 29.5 Å². The van der Waals surface area contributed by atoms with Crippen LogP contribution in [0.2, 0.25) is 0 Å². The van der Waals surface area contributed by atoms with Gasteiger partial charge in [0.2, 0.25) is 11.8 Å². The van der Waals surface area contributed by atoms with Gasteiger partial charge in [-0.3, -0.25) is 19.3 Å². The van der Waals surface area contributed by atoms with Gasteiger partial charge in [0.15, 0.2) is 0 Å². The van der Waals surface area contributed by atoms with E-state index in [1.807, 2.05) is 0 Å². The first-order valence-corrected chi connectivity index (χ1v) is 7.34. The maximum Gasteiger partial charge on any atom is 0.313 e. The largest absolute Gasteiger partial charge is 0.481 e. The number of carboxylic acid groups (broad SMARTS) is 1. The fourth-order valence-electron chi connectivity index (χ4n) is 2.65. The number of rotatable bonds is 4. The van der Waals surface area contributed by atoms with Crippen LogP contribution in [0.25, 0.3) is 0 Å². The van der Waals surface area contributed by atoms with Crippen LogP contribution in [-0.4, -0.2) is 44.8 Å². The number of carbonyl (C=O) groups is 3. The fraction of sp³-hybridized carbons (Fsp3) is 0.750. The predicted octanol–water partition coefficient (Wildman–Crippen LogP) is 1.26. The second-order valence-electron chi connectivity index (χ2n) is 4.79. The Kier molecular flexibility index (Phi) is 4.27. The molecule has 0 aromatic carbocycles. The summed E-state index contributed by atoms with van der Waals surface area (Å²) in [6, 6.07) is 0.0502. The summed E-state index contributed by atoms with van der Waals surface area (Å²) in [5.74, 6) is -1.38. The molecule has 2 fully saturated rings. The van der Waals surface area contributed by atoms with Gasteiger partial charge >= 0.3 is 5.97 Å². The predicted molar refractivity (Wildman–Crippen MR) is 67.2 cm³/mol. The number of aliphatic carboxylic acids is 1. The van der Waals surface area contributed by atoms with Crippen LogP contribution in [0.5, 0.6) is 0 Å². The molecule has 2 rings (SSSR count). The topological polar surface area (TPSA) is 74.7 Å². The van der Waals surface area contributed by atoms with E-state index in [1.165, 1.54) is 11.3 Å². The molecule has 1 saturated heterocycles. The zero-order valence-corrected chi connectivity index (χ0v) is 10.9. The molecule has 18 heavy (non-hydrogen) atoms. The average molecular weight is 271 g/mol. The third-order valence-corrected chi connectivity index (χ3v) is 4.67. The first-order valence-electron chi connectivity index (χ1n) is 6.29. The Bertz CT molecular complexity index is 365. The fourth-order valence-corrected chi connectivity index (χ4v) is 3.51. The first-order chi connectivity index (χ1) is 8.59. The van der Waals surface area contributed by atoms with Gasteiger partial charge in [-0.2, -0.15) is 0 Å². The molecule has 5 nitrogen and oxygen atoms in total. The zero-order valence-electron chi connectivity index (χ0n) is 10.1. The number of likely N-dealkylation sites (tertiary alicyclic amines) is 1. The smallest absolute Gasteiger partial charge is 0.313 e. The summed E-state index contributed by atoms with van der Waals surface area (Å²) in [5, 5.41) is 8.12. The highest BCUT2D eigenvalue weighted by Crippen LogP contribution is 2.31. The van der Waals surface area contributed by atoms with E-state index < -0.39 is 11.2 Å². The van der Waals surface area contributed by atoms with E-state index in [9.17, 15) is 14.4 Å². The van der Waals surface area contributed by atoms with Gasteiger partial charge in [-0.15, -0.1) is 11.8 Å². The summed E-state index contributed by atoms with van der Waals surface area (Å²) in [6.07, 6.45) is 5.25. The van der Waals surface area contributed by atoms with Crippen molar-refractivity contribution in [3.05, 3.63) is 0 Å². The van der Waals surface area contributed by atoms with Gasteiger partial charge < -0.3 is 5.11 Å². The third-order valence-electron chi connectivity index (χ3n) is 3.49. The van der Waals surface area contributed by atoms with Crippen LogP contribution in [0.1, 0.15) is 38.5 Å². The Hall–Kier alpha value is -1.04. The molecule has 2 aliphatic rings. The van der Waals surface area contributed by atoms with Crippen molar-refractivity contribution in [3.63, 3.8) is 0 Å². The molecule has 6 heteroatoms. The van der Waals surface area contributed by atoms with Crippen LogP contribution in [0.4, 0.5) is 0 Å². The lowest BCUT2D eigenvalue weighted by Gasteiger charge is -2.29. The van der Waals surface area contributed by atoms with Crippen LogP contribution in [-0.2, 0) is 14.4 Å². The molecule has 1 N–H and O–H groups in total. The van der Waals surface area contributed by atoms with Gasteiger partial charge in [0.05, 0.1) is 11.0 Å². The van der Waals surface area contributed by atoms with Crippen molar-refractivity contribution in [1.82, 2.24) is 4.90 Å². The molecule has 2 amide bonds. The van der Waals surface area contributed by atoms with E-state index in [-0.39, 0.29) is 30.0 Å². The summed E-state index contributed by atoms with van der Waals surface area (Å²) in [4.78, 5) is 35.9. The van der Waals surface area contributed by atoms with Crippen LogP contribution < -0.4 is 0 Å². The number of hydrogen-bond acceptors (Lipinski definition) is 4. The molecular formula is C12H17NO4S. The molecule has 0 radical (unpaired) electrons. The van der Waals surface area contributed by atoms with Crippen LogP contribution in [0, 0.1) is 0 Å². The molecule has 1 aliphatic carbocycles. The number of carboxylic acids is 1. The number of carbonyl (C=O) groups excluding carboxylic acids is 2. The lowest BCUT2D eigenvalue weighted by molar-refractivity contribution is -0.141. The molecular weight excluding hydrogens is 254 g/mol. The molecule has 0 aromatic rings. The number of nitrogens with zero attached hydrogens (tertiary/aromatic N) is 1. The molecule has 1 aliphatic heterocycles. The minimum atomic E-state index is -0.948. The van der Waals surface area contributed by atoms with Crippen molar-refractivity contribution in [2.45, 2.75) is 49.8 Å². The van der Waals surface area contributed by atoms with E-state index >= 15 is 0 Å². The normalized spacial score (nSPS) is 25.8. The standard InChI is InChI=1S/C12H17NO4S/c14-10-6-9(18-7-11(15)16)12(17)13(10)8-4-2-1-3-5-8/h8-9H,1-7H2,(H,15,16). The molecule has 1 saturated carbocycles. The van der Waals surface area contributed by atoms with Crippen LogP contribution >= 0.6 is 11.8 Å². The molecule has 1 atom stereocenters. The van der Waals surface area contributed by atoms with E-state index in [0.29, 0.717) is 0 Å². The number of thioether (sulfide) groups is 1. The average Bonchev–Trinajstić information content (AvgIpc) is 2.63. The Morgan fingerprint density at radius 1 is 1.28 bits per heavy atom. The summed E-state index contributed by atoms with van der Waals surface area (Å²) in [6.45, 7) is 0. The van der Waals surface area contributed by atoms with Crippen LogP contribution in [0.3, 0.4) is 0 Å². The minimum absolute atomic E-state index is 0.0502. The van der Waals surface area contributed by atoms with Crippen molar-refractivity contribution in [2.75, 3.05) is 5.75 Å². The highest BCUT2D eigenvalue weighted by Gasteiger charge is 2.42. The lowest BCUT2D eigenvalue weighted by Crippen LogP contribution is -2.41. The quantitative estimate of drug-likeness (QED) is 0.779. The summed E-state index contributed by atoms with van der Waals surface area (Å²) >= 11 is 1.06. The van der Waals surface area contributed by atoms with Crippen LogP contribution in [0.15, 0.2) is 0 Å². The highest BCUT2D eigenvalue weighted by atomic mass is 32.2. The highest BCUT2D eigenvalue weighted by molar-refractivity contribution is 8.01. The summed E-state index contributed by atoms with van der Waals surface area (Å²) in [5.41, 5.74) is 0. The Labute approximate surface area is 110 Å². The van der Waals surface area contributed by atoms with Gasteiger partial charge in [-0.05, 0) is 12.8 Å². The van der Waals surface area contributed by atoms with E-state index in [0.717, 1.165) is 37.4 Å². The van der Waals surface area contributed by atoms with Crippen molar-refractivity contribution < 1.29 is 19.5 Å². The Morgan fingerprint density at radius 2 is 1.94 bits per heavy atom. The maximum absolute atomic E-state index is 12.1. The lowest BCUT2D eigenvalue weighted by atomic mass is 9.94. The SMILES string of the molecule is O=C(O)CSC1CC(=O)N(C2CCCCC2)C1=O.